The number of piperidine rings is 1. The summed E-state index contributed by atoms with van der Waals surface area (Å²) in [6.07, 6.45) is 7.16. The van der Waals surface area contributed by atoms with Gasteiger partial charge < -0.3 is 14.4 Å². The molecular formula is C31H32F2N4O3. The maximum Gasteiger partial charge on any atom is 0.246 e. The number of anilines is 1. The van der Waals surface area contributed by atoms with Gasteiger partial charge in [0.15, 0.2) is 0 Å². The maximum atomic E-state index is 13.8. The van der Waals surface area contributed by atoms with Gasteiger partial charge in [0.1, 0.15) is 29.3 Å². The minimum absolute atomic E-state index is 0.105. The molecule has 2 fully saturated rings. The Labute approximate surface area is 232 Å². The Balaban J connectivity index is 1.09. The molecule has 9 heteroatoms. The van der Waals surface area contributed by atoms with Crippen LogP contribution in [-0.4, -0.2) is 54.5 Å². The lowest BCUT2D eigenvalue weighted by atomic mass is 9.94. The summed E-state index contributed by atoms with van der Waals surface area (Å²) >= 11 is 0. The number of aromatic nitrogens is 1. The van der Waals surface area contributed by atoms with E-state index in [-0.39, 0.29) is 17.9 Å². The lowest BCUT2D eigenvalue weighted by Gasteiger charge is -2.34. The number of nitrogens with zero attached hydrogens (tertiary/aromatic N) is 4. The van der Waals surface area contributed by atoms with Crippen LogP contribution in [0.15, 0.2) is 65.9 Å². The van der Waals surface area contributed by atoms with Crippen molar-refractivity contribution in [3.8, 4) is 16.9 Å². The van der Waals surface area contributed by atoms with Crippen LogP contribution in [0.3, 0.4) is 0 Å². The molecule has 3 aliphatic rings. The van der Waals surface area contributed by atoms with Crippen LogP contribution in [0.2, 0.25) is 0 Å². The first-order chi connectivity index (χ1) is 19.5. The standard InChI is InChI=1S/C31H32F2N4O3/c32-25-16-24(17-26(33)20-25)29-5-11-35-37(29)31(38)21-6-12-36(13-7-21)30-19-23(4-10-34-30)22-2-1-3-28(18-22)40-27-8-14-39-15-9-27/h1-4,10-11,16-21,27,29H,5-9,12-15H2. The fourth-order valence-corrected chi connectivity index (χ4v) is 5.72. The van der Waals surface area contributed by atoms with Gasteiger partial charge in [0, 0.05) is 56.7 Å². The van der Waals surface area contributed by atoms with E-state index >= 15 is 0 Å². The van der Waals surface area contributed by atoms with Crippen molar-refractivity contribution in [3.63, 3.8) is 0 Å². The Morgan fingerprint density at radius 3 is 2.45 bits per heavy atom. The molecule has 3 aromatic rings. The average molecular weight is 547 g/mol. The Morgan fingerprint density at radius 1 is 0.925 bits per heavy atom. The van der Waals surface area contributed by atoms with Gasteiger partial charge in [0.2, 0.25) is 5.91 Å². The number of carbonyl (C=O) groups excluding carboxylic acids is 1. The molecule has 0 bridgehead atoms. The molecule has 40 heavy (non-hydrogen) atoms. The van der Waals surface area contributed by atoms with Gasteiger partial charge >= 0.3 is 0 Å². The number of benzene rings is 2. The summed E-state index contributed by atoms with van der Waals surface area (Å²) in [5.41, 5.74) is 2.53. The van der Waals surface area contributed by atoms with Gasteiger partial charge in [-0.1, -0.05) is 12.1 Å². The predicted octanol–water partition coefficient (Wildman–Crippen LogP) is 5.76. The smallest absolute Gasteiger partial charge is 0.246 e. The van der Waals surface area contributed by atoms with E-state index in [1.54, 1.807) is 6.21 Å². The summed E-state index contributed by atoms with van der Waals surface area (Å²) in [6, 6.07) is 15.1. The molecule has 3 aliphatic heterocycles. The molecule has 2 aromatic carbocycles. The Hall–Kier alpha value is -3.85. The third kappa shape index (κ3) is 5.84. The van der Waals surface area contributed by atoms with Crippen molar-refractivity contribution in [1.82, 2.24) is 9.99 Å². The minimum atomic E-state index is -0.657. The number of hydrogen-bond acceptors (Lipinski definition) is 6. The van der Waals surface area contributed by atoms with Crippen LogP contribution >= 0.6 is 0 Å². The topological polar surface area (TPSA) is 67.3 Å². The lowest BCUT2D eigenvalue weighted by molar-refractivity contribution is -0.138. The Kier molecular flexibility index (Phi) is 7.73. The monoisotopic (exact) mass is 546 g/mol. The van der Waals surface area contributed by atoms with Crippen LogP contribution in [0.1, 0.15) is 43.7 Å². The maximum absolute atomic E-state index is 13.8. The molecule has 0 radical (unpaired) electrons. The normalized spacial score (nSPS) is 20.2. The van der Waals surface area contributed by atoms with Gasteiger partial charge in [0.25, 0.3) is 0 Å². The van der Waals surface area contributed by atoms with E-state index in [0.29, 0.717) is 37.9 Å². The van der Waals surface area contributed by atoms with E-state index in [2.05, 4.69) is 33.2 Å². The molecule has 4 heterocycles. The van der Waals surface area contributed by atoms with Gasteiger partial charge in [-0.3, -0.25) is 4.79 Å². The number of carbonyl (C=O) groups is 1. The summed E-state index contributed by atoms with van der Waals surface area (Å²) < 4.78 is 39.3. The molecule has 0 N–H and O–H groups in total. The SMILES string of the molecule is O=C(C1CCN(c2cc(-c3cccc(OC4CCOCC4)c3)ccn2)CC1)N1N=CCC1c1cc(F)cc(F)c1. The van der Waals surface area contributed by atoms with E-state index < -0.39 is 17.7 Å². The van der Waals surface area contributed by atoms with E-state index in [0.717, 1.165) is 54.8 Å². The van der Waals surface area contributed by atoms with Crippen LogP contribution in [0, 0.1) is 17.6 Å². The molecule has 0 aliphatic carbocycles. The predicted molar refractivity (Wildman–Crippen MR) is 148 cm³/mol. The molecule has 7 nitrogen and oxygen atoms in total. The quantitative estimate of drug-likeness (QED) is 0.393. The Bertz CT molecular complexity index is 1370. The van der Waals surface area contributed by atoms with Crippen LogP contribution in [0.25, 0.3) is 11.1 Å². The third-order valence-electron chi connectivity index (χ3n) is 7.88. The van der Waals surface area contributed by atoms with Crippen LogP contribution in [0.4, 0.5) is 14.6 Å². The summed E-state index contributed by atoms with van der Waals surface area (Å²) in [4.78, 5) is 20.2. The van der Waals surface area contributed by atoms with Crippen molar-refractivity contribution in [2.75, 3.05) is 31.2 Å². The van der Waals surface area contributed by atoms with Gasteiger partial charge in [0.05, 0.1) is 19.3 Å². The fourth-order valence-electron chi connectivity index (χ4n) is 5.72. The van der Waals surface area contributed by atoms with E-state index in [1.165, 1.54) is 17.1 Å². The zero-order valence-corrected chi connectivity index (χ0v) is 22.2. The minimum Gasteiger partial charge on any atom is -0.490 e. The number of hydrogen-bond donors (Lipinski definition) is 0. The van der Waals surface area contributed by atoms with Crippen molar-refractivity contribution >= 4 is 17.9 Å². The first kappa shape index (κ1) is 26.4. The average Bonchev–Trinajstić information content (AvgIpc) is 3.48. The number of halogens is 2. The molecule has 1 atom stereocenters. The fraction of sp³-hybridized carbons (Fsp3) is 0.387. The van der Waals surface area contributed by atoms with Gasteiger partial charge in [-0.2, -0.15) is 5.10 Å². The second-order valence-corrected chi connectivity index (χ2v) is 10.6. The second-order valence-electron chi connectivity index (χ2n) is 10.6. The summed E-state index contributed by atoms with van der Waals surface area (Å²) in [7, 11) is 0. The van der Waals surface area contributed by atoms with Crippen molar-refractivity contribution in [3.05, 3.63) is 78.0 Å². The molecule has 1 unspecified atom stereocenters. The molecular weight excluding hydrogens is 514 g/mol. The summed E-state index contributed by atoms with van der Waals surface area (Å²) in [6.45, 7) is 2.82. The number of hydrazone groups is 1. The number of amides is 1. The molecule has 1 aromatic heterocycles. The van der Waals surface area contributed by atoms with E-state index in [1.807, 2.05) is 24.4 Å². The van der Waals surface area contributed by atoms with Crippen molar-refractivity contribution in [1.29, 1.82) is 0 Å². The molecule has 2 saturated heterocycles. The number of pyridine rings is 1. The highest BCUT2D eigenvalue weighted by Crippen LogP contribution is 2.34. The lowest BCUT2D eigenvalue weighted by Crippen LogP contribution is -2.41. The first-order valence-corrected chi connectivity index (χ1v) is 13.9. The number of rotatable bonds is 6. The molecule has 1 amide bonds. The summed E-state index contributed by atoms with van der Waals surface area (Å²) in [5.74, 6) is 0.0879. The molecule has 0 saturated carbocycles. The van der Waals surface area contributed by atoms with E-state index in [9.17, 15) is 13.6 Å². The number of ether oxygens (including phenoxy) is 2. The molecule has 6 rings (SSSR count). The van der Waals surface area contributed by atoms with E-state index in [4.69, 9.17) is 9.47 Å². The van der Waals surface area contributed by atoms with Crippen LogP contribution in [0.5, 0.6) is 5.75 Å². The zero-order valence-electron chi connectivity index (χ0n) is 22.2. The third-order valence-corrected chi connectivity index (χ3v) is 7.88. The highest BCUT2D eigenvalue weighted by molar-refractivity contribution is 5.82. The molecule has 208 valence electrons. The second kappa shape index (κ2) is 11.7. The van der Waals surface area contributed by atoms with Crippen molar-refractivity contribution < 1.29 is 23.0 Å². The van der Waals surface area contributed by atoms with Crippen LogP contribution < -0.4 is 9.64 Å². The largest absolute Gasteiger partial charge is 0.490 e. The molecule has 0 spiro atoms. The van der Waals surface area contributed by atoms with Crippen LogP contribution in [-0.2, 0) is 9.53 Å². The van der Waals surface area contributed by atoms with Gasteiger partial charge in [-0.05, 0) is 65.9 Å². The van der Waals surface area contributed by atoms with Gasteiger partial charge in [-0.15, -0.1) is 0 Å². The highest BCUT2D eigenvalue weighted by atomic mass is 19.1. The zero-order chi connectivity index (χ0) is 27.5. The van der Waals surface area contributed by atoms with Crippen molar-refractivity contribution in [2.45, 2.75) is 44.2 Å². The van der Waals surface area contributed by atoms with Crippen molar-refractivity contribution in [2.24, 2.45) is 11.0 Å². The summed E-state index contributed by atoms with van der Waals surface area (Å²) in [5, 5.41) is 5.67. The highest BCUT2D eigenvalue weighted by Gasteiger charge is 2.35. The van der Waals surface area contributed by atoms with Gasteiger partial charge in [-0.25, -0.2) is 18.8 Å². The Morgan fingerprint density at radius 2 is 1.68 bits per heavy atom. The first-order valence-electron chi connectivity index (χ1n) is 13.9.